The molecule has 0 spiro atoms. The molecule has 1 aromatic rings. The fourth-order valence-electron chi connectivity index (χ4n) is 1.24. The number of hydrogen-bond acceptors (Lipinski definition) is 3. The van der Waals surface area contributed by atoms with Crippen LogP contribution in [0.4, 0.5) is 0 Å². The number of H-pyrrole nitrogens is 1. The average molecular weight is 166 g/mol. The van der Waals surface area contributed by atoms with Gasteiger partial charge in [-0.25, -0.2) is 4.98 Å². The number of carbonyl (C=O) groups is 1. The average Bonchev–Trinajstić information content (AvgIpc) is 2.32. The van der Waals surface area contributed by atoms with Gasteiger partial charge in [-0.05, 0) is 18.6 Å². The summed E-state index contributed by atoms with van der Waals surface area (Å²) in [5.41, 5.74) is 1.65. The molecule has 0 fully saturated rings. The molecule has 0 radical (unpaired) electrons. The number of ketones is 1. The highest BCUT2D eigenvalue weighted by Crippen LogP contribution is 2.17. The van der Waals surface area contributed by atoms with Crippen LogP contribution in [0.5, 0.6) is 0 Å². The normalized spacial score (nSPS) is 15.1. The predicted molar refractivity (Wildman–Crippen MR) is 42.1 cm³/mol. The first-order valence-electron chi connectivity index (χ1n) is 3.39. The zero-order valence-corrected chi connectivity index (χ0v) is 6.57. The number of hydrogen-bond donors (Lipinski definition) is 1. The zero-order chi connectivity index (χ0) is 7.84. The van der Waals surface area contributed by atoms with Crippen LogP contribution in [-0.4, -0.2) is 15.8 Å². The summed E-state index contributed by atoms with van der Waals surface area (Å²) in [6.07, 6.45) is 2.93. The second-order valence-electron chi connectivity index (χ2n) is 2.50. The highest BCUT2D eigenvalue weighted by Gasteiger charge is 2.19. The molecule has 1 N–H and O–H groups in total. The summed E-state index contributed by atoms with van der Waals surface area (Å²) < 4.78 is 0.457. The minimum absolute atomic E-state index is 0.166. The van der Waals surface area contributed by atoms with Crippen molar-refractivity contribution in [3.05, 3.63) is 22.2 Å². The van der Waals surface area contributed by atoms with Crippen molar-refractivity contribution in [3.63, 3.8) is 0 Å². The summed E-state index contributed by atoms with van der Waals surface area (Å²) in [7, 11) is 0. The topological polar surface area (TPSA) is 45.8 Å². The Balaban J connectivity index is 2.68. The number of rotatable bonds is 0. The minimum Gasteiger partial charge on any atom is -0.334 e. The molecule has 1 aliphatic rings. The Morgan fingerprint density at radius 1 is 1.55 bits per heavy atom. The molecule has 1 heterocycles. The molecule has 0 aliphatic heterocycles. The number of carbonyl (C=O) groups excluding carboxylic acids is 1. The highest BCUT2D eigenvalue weighted by molar-refractivity contribution is 7.71. The van der Waals surface area contributed by atoms with Crippen LogP contribution in [0.1, 0.15) is 22.5 Å². The fraction of sp³-hybridized carbons (Fsp3) is 0.286. The maximum absolute atomic E-state index is 11.1. The molecule has 0 atom stereocenters. The van der Waals surface area contributed by atoms with Crippen LogP contribution in [0.25, 0.3) is 0 Å². The van der Waals surface area contributed by atoms with E-state index in [9.17, 15) is 4.79 Å². The number of Topliss-reactive ketones (excluding diaryl/α,β-unsaturated/α-hetero) is 1. The molecular formula is C7H6N2OS. The van der Waals surface area contributed by atoms with Crippen molar-refractivity contribution in [2.24, 2.45) is 0 Å². The third-order valence-electron chi connectivity index (χ3n) is 1.80. The van der Waals surface area contributed by atoms with E-state index >= 15 is 0 Å². The molecule has 0 saturated carbocycles. The van der Waals surface area contributed by atoms with Gasteiger partial charge in [-0.15, -0.1) is 0 Å². The number of aromatic nitrogens is 2. The second-order valence-corrected chi connectivity index (χ2v) is 2.89. The standard InChI is InChI=1S/C7H6N2OS/c10-6-2-1-5-4(6)3-8-7(11)9-5/h3H,1-2H2,(H,8,9,11). The van der Waals surface area contributed by atoms with Gasteiger partial charge in [0, 0.05) is 18.3 Å². The minimum atomic E-state index is 0.166. The Hall–Kier alpha value is -1.03. The summed E-state index contributed by atoms with van der Waals surface area (Å²) >= 11 is 4.81. The molecule has 11 heavy (non-hydrogen) atoms. The van der Waals surface area contributed by atoms with Crippen molar-refractivity contribution in [1.29, 1.82) is 0 Å². The largest absolute Gasteiger partial charge is 0.334 e. The number of nitrogens with zero attached hydrogens (tertiary/aromatic N) is 1. The lowest BCUT2D eigenvalue weighted by molar-refractivity contribution is 0.0994. The lowest BCUT2D eigenvalue weighted by Crippen LogP contribution is -1.94. The van der Waals surface area contributed by atoms with Gasteiger partial charge in [0.25, 0.3) is 0 Å². The van der Waals surface area contributed by atoms with Crippen LogP contribution < -0.4 is 0 Å². The van der Waals surface area contributed by atoms with Crippen LogP contribution in [-0.2, 0) is 6.42 Å². The highest BCUT2D eigenvalue weighted by atomic mass is 32.1. The monoisotopic (exact) mass is 166 g/mol. The van der Waals surface area contributed by atoms with Crippen molar-refractivity contribution in [2.75, 3.05) is 0 Å². The van der Waals surface area contributed by atoms with E-state index in [1.54, 1.807) is 6.20 Å². The number of aromatic amines is 1. The molecule has 2 rings (SSSR count). The Morgan fingerprint density at radius 2 is 2.36 bits per heavy atom. The Kier molecular flexibility index (Phi) is 1.35. The summed E-state index contributed by atoms with van der Waals surface area (Å²) in [5.74, 6) is 0.166. The summed E-state index contributed by atoms with van der Waals surface area (Å²) in [6, 6.07) is 0. The molecule has 0 bridgehead atoms. The smallest absolute Gasteiger partial charge is 0.196 e. The Morgan fingerprint density at radius 3 is 3.18 bits per heavy atom. The van der Waals surface area contributed by atoms with Crippen LogP contribution in [0.15, 0.2) is 6.20 Å². The lowest BCUT2D eigenvalue weighted by atomic mass is 10.2. The SMILES string of the molecule is O=C1CCc2[nH]c(=S)ncc21. The third-order valence-corrected chi connectivity index (χ3v) is 2.00. The van der Waals surface area contributed by atoms with E-state index in [0.29, 0.717) is 16.8 Å². The molecular weight excluding hydrogens is 160 g/mol. The molecule has 0 unspecified atom stereocenters. The van der Waals surface area contributed by atoms with Crippen molar-refractivity contribution in [1.82, 2.24) is 9.97 Å². The Labute approximate surface area is 68.5 Å². The van der Waals surface area contributed by atoms with Gasteiger partial charge in [0.05, 0.1) is 5.56 Å². The van der Waals surface area contributed by atoms with Gasteiger partial charge in [-0.1, -0.05) is 0 Å². The van der Waals surface area contributed by atoms with Crippen LogP contribution in [0.2, 0.25) is 0 Å². The van der Waals surface area contributed by atoms with Gasteiger partial charge in [0.1, 0.15) is 0 Å². The number of aryl methyl sites for hydroxylation is 1. The third kappa shape index (κ3) is 0.991. The number of fused-ring (bicyclic) bond motifs is 1. The summed E-state index contributed by atoms with van der Waals surface area (Å²) in [4.78, 5) is 17.8. The maximum atomic E-state index is 11.1. The van der Waals surface area contributed by atoms with Gasteiger partial charge in [0.15, 0.2) is 10.6 Å². The van der Waals surface area contributed by atoms with Gasteiger partial charge in [-0.3, -0.25) is 4.79 Å². The lowest BCUT2D eigenvalue weighted by Gasteiger charge is -1.93. The first-order valence-corrected chi connectivity index (χ1v) is 3.79. The molecule has 3 nitrogen and oxygen atoms in total. The molecule has 1 aromatic heterocycles. The van der Waals surface area contributed by atoms with E-state index in [2.05, 4.69) is 9.97 Å². The first kappa shape index (κ1) is 6.67. The molecule has 0 amide bonds. The van der Waals surface area contributed by atoms with E-state index in [0.717, 1.165) is 12.1 Å². The van der Waals surface area contributed by atoms with Gasteiger partial charge in [-0.2, -0.15) is 0 Å². The van der Waals surface area contributed by atoms with E-state index in [1.165, 1.54) is 0 Å². The molecule has 1 aliphatic carbocycles. The van der Waals surface area contributed by atoms with Crippen molar-refractivity contribution in [3.8, 4) is 0 Å². The van der Waals surface area contributed by atoms with Crippen molar-refractivity contribution in [2.45, 2.75) is 12.8 Å². The van der Waals surface area contributed by atoms with Crippen LogP contribution in [0.3, 0.4) is 0 Å². The molecule has 0 aromatic carbocycles. The molecule has 56 valence electrons. The van der Waals surface area contributed by atoms with Gasteiger partial charge >= 0.3 is 0 Å². The Bertz CT molecular complexity index is 369. The second kappa shape index (κ2) is 2.23. The van der Waals surface area contributed by atoms with Gasteiger partial charge in [0.2, 0.25) is 0 Å². The quantitative estimate of drug-likeness (QED) is 0.590. The van der Waals surface area contributed by atoms with Crippen LogP contribution in [0, 0.1) is 4.77 Å². The summed E-state index contributed by atoms with van der Waals surface area (Å²) in [6.45, 7) is 0. The fourth-order valence-corrected chi connectivity index (χ4v) is 1.42. The van der Waals surface area contributed by atoms with E-state index in [1.807, 2.05) is 0 Å². The predicted octanol–water partition coefficient (Wildman–Crippen LogP) is 1.27. The van der Waals surface area contributed by atoms with E-state index in [4.69, 9.17) is 12.2 Å². The van der Waals surface area contributed by atoms with E-state index in [-0.39, 0.29) is 5.78 Å². The van der Waals surface area contributed by atoms with Crippen LogP contribution >= 0.6 is 12.2 Å². The number of nitrogens with one attached hydrogen (secondary N) is 1. The summed E-state index contributed by atoms with van der Waals surface area (Å²) in [5, 5.41) is 0. The van der Waals surface area contributed by atoms with Crippen molar-refractivity contribution >= 4 is 18.0 Å². The maximum Gasteiger partial charge on any atom is 0.196 e. The zero-order valence-electron chi connectivity index (χ0n) is 5.76. The first-order chi connectivity index (χ1) is 5.27. The molecule has 0 saturated heterocycles. The van der Waals surface area contributed by atoms with Crippen molar-refractivity contribution < 1.29 is 4.79 Å². The molecule has 4 heteroatoms. The van der Waals surface area contributed by atoms with E-state index < -0.39 is 0 Å². The van der Waals surface area contributed by atoms with Gasteiger partial charge < -0.3 is 4.98 Å².